The number of aliphatic imine (C=N–C) groups is 1. The van der Waals surface area contributed by atoms with Crippen molar-refractivity contribution in [3.63, 3.8) is 0 Å². The predicted molar refractivity (Wildman–Crippen MR) is 103 cm³/mol. The molecule has 5 nitrogen and oxygen atoms in total. The van der Waals surface area contributed by atoms with Gasteiger partial charge in [0.1, 0.15) is 22.8 Å². The van der Waals surface area contributed by atoms with Crippen molar-refractivity contribution < 1.29 is 22.0 Å². The first-order valence-electron chi connectivity index (χ1n) is 9.16. The van der Waals surface area contributed by atoms with Crippen molar-refractivity contribution in [3.8, 4) is 0 Å². The van der Waals surface area contributed by atoms with E-state index >= 15 is 0 Å². The average molecular weight is 434 g/mol. The van der Waals surface area contributed by atoms with Gasteiger partial charge in [-0.2, -0.15) is 17.6 Å². The standard InChI is InChI=1S/C21H15F5N4O/c1-11-20(12-2-4-14(22)5-3-12,13-8-9-27-17(23)10-13)30-18(28-11)16-7-6-15(19(31)29-16)21(24,25)26/h2-11H,1H3,(H,28,30)(H,29,31)/t11-,20+/m0/s1. The minimum atomic E-state index is -4.79. The lowest BCUT2D eigenvalue weighted by Crippen LogP contribution is -2.48. The molecular weight excluding hydrogens is 419 g/mol. The molecule has 0 saturated heterocycles. The lowest BCUT2D eigenvalue weighted by molar-refractivity contribution is -0.138. The molecule has 3 aromatic rings. The molecule has 1 aromatic carbocycles. The topological polar surface area (TPSA) is 70.1 Å². The van der Waals surface area contributed by atoms with Crippen LogP contribution in [0.15, 0.2) is 64.5 Å². The Bertz CT molecular complexity index is 1220. The van der Waals surface area contributed by atoms with Crippen molar-refractivity contribution in [1.82, 2.24) is 15.3 Å². The summed E-state index contributed by atoms with van der Waals surface area (Å²) in [6, 6.07) is 9.41. The molecule has 0 fully saturated rings. The maximum absolute atomic E-state index is 13.9. The molecule has 2 N–H and O–H groups in total. The van der Waals surface area contributed by atoms with Crippen LogP contribution in [-0.2, 0) is 11.7 Å². The summed E-state index contributed by atoms with van der Waals surface area (Å²) in [6.07, 6.45) is -3.53. The molecule has 0 amide bonds. The average Bonchev–Trinajstić information content (AvgIpc) is 3.06. The van der Waals surface area contributed by atoms with Crippen molar-refractivity contribution in [2.45, 2.75) is 24.7 Å². The second-order valence-electron chi connectivity index (χ2n) is 7.07. The number of aromatic amines is 1. The van der Waals surface area contributed by atoms with Gasteiger partial charge in [-0.1, -0.05) is 12.1 Å². The number of aromatic nitrogens is 2. The van der Waals surface area contributed by atoms with E-state index in [0.717, 1.165) is 6.07 Å². The third-order valence-electron chi connectivity index (χ3n) is 5.22. The molecule has 2 atom stereocenters. The molecule has 0 unspecified atom stereocenters. The van der Waals surface area contributed by atoms with Crippen LogP contribution in [0.3, 0.4) is 0 Å². The molecule has 10 heteroatoms. The van der Waals surface area contributed by atoms with Gasteiger partial charge in [-0.05, 0) is 54.4 Å². The fraction of sp³-hybridized carbons (Fsp3) is 0.190. The van der Waals surface area contributed by atoms with Crippen LogP contribution in [0.2, 0.25) is 0 Å². The number of hydrogen-bond acceptors (Lipinski definition) is 4. The highest BCUT2D eigenvalue weighted by molar-refractivity contribution is 5.99. The van der Waals surface area contributed by atoms with Crippen molar-refractivity contribution in [1.29, 1.82) is 0 Å². The molecule has 0 saturated carbocycles. The molecule has 0 radical (unpaired) electrons. The maximum Gasteiger partial charge on any atom is 0.421 e. The number of nitrogens with zero attached hydrogens (tertiary/aromatic N) is 2. The van der Waals surface area contributed by atoms with Gasteiger partial charge in [0.2, 0.25) is 5.95 Å². The zero-order valence-electron chi connectivity index (χ0n) is 16.0. The van der Waals surface area contributed by atoms with Crippen molar-refractivity contribution in [2.24, 2.45) is 4.99 Å². The predicted octanol–water partition coefficient (Wildman–Crippen LogP) is 3.75. The van der Waals surface area contributed by atoms with E-state index in [9.17, 15) is 26.7 Å². The Hall–Kier alpha value is -3.56. The lowest BCUT2D eigenvalue weighted by Gasteiger charge is -2.35. The van der Waals surface area contributed by atoms with Gasteiger partial charge in [0.15, 0.2) is 0 Å². The Kier molecular flexibility index (Phi) is 4.87. The van der Waals surface area contributed by atoms with E-state index in [-0.39, 0.29) is 11.5 Å². The monoisotopic (exact) mass is 434 g/mol. The van der Waals surface area contributed by atoms with E-state index in [1.807, 2.05) is 0 Å². The molecule has 31 heavy (non-hydrogen) atoms. The summed E-state index contributed by atoms with van der Waals surface area (Å²) in [6.45, 7) is 1.71. The quantitative estimate of drug-likeness (QED) is 0.487. The molecule has 0 spiro atoms. The first-order valence-corrected chi connectivity index (χ1v) is 9.16. The number of halogens is 5. The van der Waals surface area contributed by atoms with Crippen molar-refractivity contribution in [2.75, 3.05) is 0 Å². The van der Waals surface area contributed by atoms with Gasteiger partial charge in [-0.3, -0.25) is 9.79 Å². The fourth-order valence-electron chi connectivity index (χ4n) is 3.74. The summed E-state index contributed by atoms with van der Waals surface area (Å²) in [4.78, 5) is 22.2. The first kappa shape index (κ1) is 20.7. The molecule has 1 aliphatic rings. The SMILES string of the molecule is C[C@@H]1N=C(c2ccc(C(F)(F)F)c(=O)[nH]2)N[C@]1(c1ccc(F)cc1)c1ccnc(F)c1. The van der Waals surface area contributed by atoms with Crippen LogP contribution in [0.1, 0.15) is 29.3 Å². The molecular formula is C21H15F5N4O. The van der Waals surface area contributed by atoms with Gasteiger partial charge < -0.3 is 10.3 Å². The van der Waals surface area contributed by atoms with E-state index in [1.165, 1.54) is 36.5 Å². The molecule has 1 aliphatic heterocycles. The van der Waals surface area contributed by atoms with E-state index in [0.29, 0.717) is 17.2 Å². The summed E-state index contributed by atoms with van der Waals surface area (Å²) < 4.78 is 66.2. The normalized spacial score (nSPS) is 21.0. The van der Waals surface area contributed by atoms with Crippen LogP contribution in [0.5, 0.6) is 0 Å². The highest BCUT2D eigenvalue weighted by Crippen LogP contribution is 2.38. The van der Waals surface area contributed by atoms with Crippen molar-refractivity contribution in [3.05, 3.63) is 99.2 Å². The third-order valence-corrected chi connectivity index (χ3v) is 5.22. The van der Waals surface area contributed by atoms with Crippen LogP contribution in [0.4, 0.5) is 22.0 Å². The van der Waals surface area contributed by atoms with Gasteiger partial charge in [0.05, 0.1) is 11.7 Å². The number of pyridine rings is 2. The summed E-state index contributed by atoms with van der Waals surface area (Å²) in [7, 11) is 0. The van der Waals surface area contributed by atoms with E-state index in [1.54, 1.807) is 13.0 Å². The van der Waals surface area contributed by atoms with Crippen molar-refractivity contribution >= 4 is 5.84 Å². The van der Waals surface area contributed by atoms with Gasteiger partial charge in [0.25, 0.3) is 5.56 Å². The van der Waals surface area contributed by atoms with Gasteiger partial charge in [-0.25, -0.2) is 9.37 Å². The van der Waals surface area contributed by atoms with Crippen LogP contribution in [-0.4, -0.2) is 21.8 Å². The summed E-state index contributed by atoms with van der Waals surface area (Å²) >= 11 is 0. The minimum Gasteiger partial charge on any atom is -0.353 e. The van der Waals surface area contributed by atoms with Crippen LogP contribution >= 0.6 is 0 Å². The largest absolute Gasteiger partial charge is 0.421 e. The highest BCUT2D eigenvalue weighted by Gasteiger charge is 2.46. The first-order chi connectivity index (χ1) is 14.6. The molecule has 2 aromatic heterocycles. The number of hydrogen-bond donors (Lipinski definition) is 2. The Morgan fingerprint density at radius 1 is 1.00 bits per heavy atom. The molecule has 4 rings (SSSR count). The Balaban J connectivity index is 1.82. The number of benzene rings is 1. The Labute approximate surface area is 172 Å². The summed E-state index contributed by atoms with van der Waals surface area (Å²) in [5.74, 6) is -1.11. The highest BCUT2D eigenvalue weighted by atomic mass is 19.4. The number of nitrogens with one attached hydrogen (secondary N) is 2. The van der Waals surface area contributed by atoms with Gasteiger partial charge in [-0.15, -0.1) is 0 Å². The number of H-pyrrole nitrogens is 1. The smallest absolute Gasteiger partial charge is 0.353 e. The van der Waals surface area contributed by atoms with Crippen LogP contribution in [0.25, 0.3) is 0 Å². The lowest BCUT2D eigenvalue weighted by atomic mass is 9.78. The number of rotatable bonds is 3. The van der Waals surface area contributed by atoms with Crippen LogP contribution in [0, 0.1) is 11.8 Å². The Morgan fingerprint density at radius 2 is 1.71 bits per heavy atom. The second-order valence-corrected chi connectivity index (χ2v) is 7.07. The molecule has 0 aliphatic carbocycles. The molecule has 3 heterocycles. The van der Waals surface area contributed by atoms with Gasteiger partial charge in [0, 0.05) is 6.20 Å². The van der Waals surface area contributed by atoms with Crippen LogP contribution < -0.4 is 10.9 Å². The Morgan fingerprint density at radius 3 is 2.32 bits per heavy atom. The second kappa shape index (κ2) is 7.29. The minimum absolute atomic E-state index is 0.0309. The number of alkyl halides is 3. The van der Waals surface area contributed by atoms with E-state index < -0.39 is 40.6 Å². The van der Waals surface area contributed by atoms with E-state index in [4.69, 9.17) is 0 Å². The maximum atomic E-state index is 13.9. The van der Waals surface area contributed by atoms with Gasteiger partial charge >= 0.3 is 6.18 Å². The zero-order valence-corrected chi connectivity index (χ0v) is 16.0. The fourth-order valence-corrected chi connectivity index (χ4v) is 3.74. The molecule has 160 valence electrons. The molecule has 0 bridgehead atoms. The van der Waals surface area contributed by atoms with E-state index in [2.05, 4.69) is 20.3 Å². The zero-order chi connectivity index (χ0) is 22.4. The summed E-state index contributed by atoms with van der Waals surface area (Å²) in [5, 5.41) is 3.12. The number of amidine groups is 1. The third kappa shape index (κ3) is 3.58. The summed E-state index contributed by atoms with van der Waals surface area (Å²) in [5.41, 5.74) is -2.82.